The summed E-state index contributed by atoms with van der Waals surface area (Å²) in [4.78, 5) is 27.9. The first-order valence-corrected chi connectivity index (χ1v) is 14.5. The summed E-state index contributed by atoms with van der Waals surface area (Å²) in [7, 11) is 0. The number of aliphatic hydroxyl groups is 1. The van der Waals surface area contributed by atoms with E-state index in [1.54, 1.807) is 62.4 Å². The van der Waals surface area contributed by atoms with Gasteiger partial charge in [-0.15, -0.1) is 0 Å². The van der Waals surface area contributed by atoms with Gasteiger partial charge in [-0.2, -0.15) is 0 Å². The molecular formula is C32H31Cl2F2NO5. The van der Waals surface area contributed by atoms with E-state index in [4.69, 9.17) is 27.9 Å². The van der Waals surface area contributed by atoms with Crippen LogP contribution in [0.2, 0.25) is 10.0 Å². The van der Waals surface area contributed by atoms with Crippen molar-refractivity contribution in [3.05, 3.63) is 104 Å². The van der Waals surface area contributed by atoms with Gasteiger partial charge in [0.15, 0.2) is 0 Å². The Kier molecular flexibility index (Phi) is 8.13. The van der Waals surface area contributed by atoms with Crippen molar-refractivity contribution in [1.29, 1.82) is 0 Å². The standard InChI is InChI=1S/C32H31Cl2F2NO5/c1-3-32(41,31(36)12-14-42-15-13-31)21-16-24-28(25(35)17-21)30(2,20-6-10-23(34)11-7-20)37(29(24)40)26(18-27(38)39)19-4-8-22(33)9-5-19/h4-11,16-17,26,41H,3,12-15,18H2,1-2H3,(H,38,39)/t26-,30-,32+/m0/s1. The Hall–Kier alpha value is -3.04. The molecule has 0 aliphatic carbocycles. The number of carboxylic acid groups (broad SMARTS) is 1. The molecule has 1 amide bonds. The van der Waals surface area contributed by atoms with E-state index in [-0.39, 0.29) is 49.2 Å². The Morgan fingerprint density at radius 2 is 1.64 bits per heavy atom. The highest BCUT2D eigenvalue weighted by Crippen LogP contribution is 2.53. The minimum atomic E-state index is -2.10. The molecule has 1 fully saturated rings. The summed E-state index contributed by atoms with van der Waals surface area (Å²) in [6.45, 7) is 3.46. The number of aliphatic carboxylic acids is 1. The van der Waals surface area contributed by atoms with Crippen LogP contribution in [0.5, 0.6) is 0 Å². The lowest BCUT2D eigenvalue weighted by molar-refractivity contribution is -0.155. The second-order valence-electron chi connectivity index (χ2n) is 11.1. The van der Waals surface area contributed by atoms with Crippen LogP contribution in [0.25, 0.3) is 0 Å². The predicted molar refractivity (Wildman–Crippen MR) is 155 cm³/mol. The van der Waals surface area contributed by atoms with Crippen LogP contribution in [-0.4, -0.2) is 45.9 Å². The minimum Gasteiger partial charge on any atom is -0.481 e. The smallest absolute Gasteiger partial charge is 0.305 e. The third-order valence-electron chi connectivity index (χ3n) is 8.86. The molecule has 0 spiro atoms. The van der Waals surface area contributed by atoms with Crippen LogP contribution in [0.4, 0.5) is 8.78 Å². The molecule has 2 aliphatic heterocycles. The summed E-state index contributed by atoms with van der Waals surface area (Å²) in [5.74, 6) is -2.64. The molecule has 3 aromatic carbocycles. The first-order chi connectivity index (χ1) is 19.9. The molecule has 1 saturated heterocycles. The molecule has 0 unspecified atom stereocenters. The van der Waals surface area contributed by atoms with Crippen molar-refractivity contribution in [3.63, 3.8) is 0 Å². The van der Waals surface area contributed by atoms with E-state index >= 15 is 8.78 Å². The molecule has 0 aromatic heterocycles. The second kappa shape index (κ2) is 11.2. The van der Waals surface area contributed by atoms with Crippen LogP contribution < -0.4 is 0 Å². The average molecular weight is 619 g/mol. The number of halogens is 4. The number of fused-ring (bicyclic) bond motifs is 1. The Balaban J connectivity index is 1.75. The number of ether oxygens (including phenoxy) is 1. The van der Waals surface area contributed by atoms with Crippen LogP contribution >= 0.6 is 23.2 Å². The highest BCUT2D eigenvalue weighted by atomic mass is 35.5. The van der Waals surface area contributed by atoms with Crippen molar-refractivity contribution in [1.82, 2.24) is 4.90 Å². The van der Waals surface area contributed by atoms with Crippen LogP contribution in [0.15, 0.2) is 60.7 Å². The van der Waals surface area contributed by atoms with Gasteiger partial charge < -0.3 is 19.8 Å². The van der Waals surface area contributed by atoms with Gasteiger partial charge in [0.05, 0.1) is 18.0 Å². The number of carbonyl (C=O) groups excluding carboxylic acids is 1. The Morgan fingerprint density at radius 3 is 2.19 bits per heavy atom. The summed E-state index contributed by atoms with van der Waals surface area (Å²) in [5.41, 5.74) is -4.83. The summed E-state index contributed by atoms with van der Waals surface area (Å²) in [6.07, 6.45) is -0.724. The average Bonchev–Trinajstić information content (AvgIpc) is 3.19. The molecule has 5 rings (SSSR count). The lowest BCUT2D eigenvalue weighted by atomic mass is 9.72. The molecule has 2 aliphatic rings. The number of rotatable bonds is 8. The van der Waals surface area contributed by atoms with E-state index in [1.807, 2.05) is 0 Å². The van der Waals surface area contributed by atoms with Crippen LogP contribution in [0.3, 0.4) is 0 Å². The maximum atomic E-state index is 16.5. The van der Waals surface area contributed by atoms with E-state index in [2.05, 4.69) is 0 Å². The van der Waals surface area contributed by atoms with Gasteiger partial charge in [0.25, 0.3) is 5.91 Å². The number of benzene rings is 3. The largest absolute Gasteiger partial charge is 0.481 e. The van der Waals surface area contributed by atoms with E-state index < -0.39 is 47.0 Å². The third-order valence-corrected chi connectivity index (χ3v) is 9.37. The molecule has 0 saturated carbocycles. The van der Waals surface area contributed by atoms with Crippen molar-refractivity contribution >= 4 is 35.1 Å². The zero-order valence-corrected chi connectivity index (χ0v) is 24.7. The number of alkyl halides is 1. The molecule has 3 aromatic rings. The van der Waals surface area contributed by atoms with Crippen LogP contribution in [0, 0.1) is 5.82 Å². The molecule has 10 heteroatoms. The van der Waals surface area contributed by atoms with Crippen LogP contribution in [-0.2, 0) is 20.7 Å². The van der Waals surface area contributed by atoms with Crippen LogP contribution in [0.1, 0.15) is 78.2 Å². The fraction of sp³-hybridized carbons (Fsp3) is 0.375. The van der Waals surface area contributed by atoms with Gasteiger partial charge in [-0.25, -0.2) is 8.78 Å². The molecule has 0 radical (unpaired) electrons. The lowest BCUT2D eigenvalue weighted by Gasteiger charge is -2.44. The van der Waals surface area contributed by atoms with Gasteiger partial charge in [-0.3, -0.25) is 9.59 Å². The monoisotopic (exact) mass is 617 g/mol. The number of carboxylic acids is 1. The molecule has 42 heavy (non-hydrogen) atoms. The molecule has 2 N–H and O–H groups in total. The quantitative estimate of drug-likeness (QED) is 0.279. The summed E-state index contributed by atoms with van der Waals surface area (Å²) >= 11 is 12.3. The highest BCUT2D eigenvalue weighted by Gasteiger charge is 2.56. The summed E-state index contributed by atoms with van der Waals surface area (Å²) < 4.78 is 38.1. The summed E-state index contributed by atoms with van der Waals surface area (Å²) in [5, 5.41) is 22.5. The zero-order valence-electron chi connectivity index (χ0n) is 23.2. The minimum absolute atomic E-state index is 0.00117. The first-order valence-electron chi connectivity index (χ1n) is 13.8. The number of nitrogens with zero attached hydrogens (tertiary/aromatic N) is 1. The predicted octanol–water partition coefficient (Wildman–Crippen LogP) is 7.18. The Labute approximate surface area is 252 Å². The van der Waals surface area contributed by atoms with E-state index in [0.717, 1.165) is 6.07 Å². The van der Waals surface area contributed by atoms with Gasteiger partial charge in [0.2, 0.25) is 0 Å². The maximum absolute atomic E-state index is 16.5. The van der Waals surface area contributed by atoms with Crippen molar-refractivity contribution in [2.45, 2.75) is 62.4 Å². The molecule has 0 bridgehead atoms. The van der Waals surface area contributed by atoms with Gasteiger partial charge in [0.1, 0.15) is 17.1 Å². The van der Waals surface area contributed by atoms with Crippen molar-refractivity contribution in [2.24, 2.45) is 0 Å². The number of carbonyl (C=O) groups is 2. The van der Waals surface area contributed by atoms with Gasteiger partial charge in [0, 0.05) is 47.2 Å². The van der Waals surface area contributed by atoms with Gasteiger partial charge in [-0.05, 0) is 66.4 Å². The fourth-order valence-electron chi connectivity index (χ4n) is 6.57. The van der Waals surface area contributed by atoms with Crippen molar-refractivity contribution < 1.29 is 33.3 Å². The molecular weight excluding hydrogens is 587 g/mol. The highest BCUT2D eigenvalue weighted by molar-refractivity contribution is 6.30. The third kappa shape index (κ3) is 4.88. The number of hydrogen-bond acceptors (Lipinski definition) is 4. The van der Waals surface area contributed by atoms with E-state index in [1.165, 1.54) is 11.0 Å². The van der Waals surface area contributed by atoms with Gasteiger partial charge in [-0.1, -0.05) is 54.4 Å². The Morgan fingerprint density at radius 1 is 1.07 bits per heavy atom. The number of hydrogen-bond donors (Lipinski definition) is 2. The fourth-order valence-corrected chi connectivity index (χ4v) is 6.82. The van der Waals surface area contributed by atoms with E-state index in [0.29, 0.717) is 21.2 Å². The molecule has 2 heterocycles. The molecule has 222 valence electrons. The SMILES string of the molecule is CC[C@@](O)(c1cc(F)c2c(c1)C(=O)N([C@@H](CC(=O)O)c1ccc(Cl)cc1)[C@@]2(C)c1ccc(Cl)cc1)C1(F)CCOCC1. The van der Waals surface area contributed by atoms with Crippen molar-refractivity contribution in [3.8, 4) is 0 Å². The topological polar surface area (TPSA) is 87.1 Å². The van der Waals surface area contributed by atoms with Crippen molar-refractivity contribution in [2.75, 3.05) is 13.2 Å². The lowest BCUT2D eigenvalue weighted by Crippen LogP contribution is -2.51. The normalized spacial score (nSPS) is 22.0. The molecule has 3 atom stereocenters. The zero-order chi connectivity index (χ0) is 30.4. The van der Waals surface area contributed by atoms with E-state index in [9.17, 15) is 19.8 Å². The van der Waals surface area contributed by atoms with Gasteiger partial charge >= 0.3 is 5.97 Å². The maximum Gasteiger partial charge on any atom is 0.305 e. The summed E-state index contributed by atoms with van der Waals surface area (Å²) in [6, 6.07) is 14.4. The number of amides is 1. The molecule has 6 nitrogen and oxygen atoms in total. The Bertz CT molecular complexity index is 1510. The second-order valence-corrected chi connectivity index (χ2v) is 12.0. The first kappa shape index (κ1) is 30.4.